The lowest BCUT2D eigenvalue weighted by molar-refractivity contribution is -0.160. The average molecular weight is 297 g/mol. The smallest absolute Gasteiger partial charge is 0.407 e. The molecule has 0 unspecified atom stereocenters. The number of aliphatic hydroxyl groups is 3. The number of carbonyl (C=O) groups is 1. The van der Waals surface area contributed by atoms with E-state index in [2.05, 4.69) is 5.32 Å². The van der Waals surface area contributed by atoms with E-state index in [0.717, 1.165) is 5.56 Å². The number of hydrogen-bond donors (Lipinski definition) is 4. The first kappa shape index (κ1) is 15.7. The summed E-state index contributed by atoms with van der Waals surface area (Å²) in [5, 5.41) is 30.9. The molecule has 1 fully saturated rings. The van der Waals surface area contributed by atoms with E-state index >= 15 is 0 Å². The van der Waals surface area contributed by atoms with Gasteiger partial charge in [0, 0.05) is 0 Å². The summed E-state index contributed by atoms with van der Waals surface area (Å²) in [4.78, 5) is 11.7. The molecule has 21 heavy (non-hydrogen) atoms. The Morgan fingerprint density at radius 3 is 2.67 bits per heavy atom. The van der Waals surface area contributed by atoms with Crippen LogP contribution in [-0.2, 0) is 16.1 Å². The van der Waals surface area contributed by atoms with Gasteiger partial charge < -0.3 is 30.1 Å². The maximum atomic E-state index is 11.7. The van der Waals surface area contributed by atoms with Gasteiger partial charge in [-0.2, -0.15) is 0 Å². The maximum absolute atomic E-state index is 11.7. The van der Waals surface area contributed by atoms with E-state index in [9.17, 15) is 15.0 Å². The van der Waals surface area contributed by atoms with Gasteiger partial charge in [-0.3, -0.25) is 0 Å². The number of aliphatic hydroxyl groups excluding tert-OH is 3. The van der Waals surface area contributed by atoms with Gasteiger partial charge in [0.05, 0.1) is 19.3 Å². The van der Waals surface area contributed by atoms with Crippen molar-refractivity contribution < 1.29 is 29.6 Å². The molecular formula is C14H19NO6. The lowest BCUT2D eigenvalue weighted by Crippen LogP contribution is -2.60. The Kier molecular flexibility index (Phi) is 5.51. The van der Waals surface area contributed by atoms with E-state index in [1.165, 1.54) is 0 Å². The molecule has 0 bridgehead atoms. The van der Waals surface area contributed by atoms with Crippen LogP contribution in [0.15, 0.2) is 30.3 Å². The lowest BCUT2D eigenvalue weighted by Gasteiger charge is -2.36. The summed E-state index contributed by atoms with van der Waals surface area (Å²) in [6, 6.07) is 8.38. The number of ether oxygens (including phenoxy) is 2. The topological polar surface area (TPSA) is 108 Å². The molecule has 7 nitrogen and oxygen atoms in total. The molecule has 1 aromatic rings. The standard InChI is InChI=1S/C14H19NO6/c16-6-11-13(18)12(17)10(8-20-11)15-14(19)21-7-9-4-2-1-3-5-9/h1-5,10-13,16-18H,6-8H2,(H,15,19)/t10-,11+,12+,13-/m0/s1. The first-order chi connectivity index (χ1) is 10.1. The molecule has 1 aromatic carbocycles. The third kappa shape index (κ3) is 4.15. The van der Waals surface area contributed by atoms with Crippen molar-refractivity contribution in [2.24, 2.45) is 0 Å². The number of alkyl carbamates (subject to hydrolysis) is 1. The van der Waals surface area contributed by atoms with Crippen molar-refractivity contribution in [2.45, 2.75) is 31.0 Å². The minimum atomic E-state index is -1.26. The van der Waals surface area contributed by atoms with Crippen LogP contribution in [0.5, 0.6) is 0 Å². The second-order valence-corrected chi connectivity index (χ2v) is 4.85. The molecule has 0 radical (unpaired) electrons. The second-order valence-electron chi connectivity index (χ2n) is 4.85. The van der Waals surface area contributed by atoms with Gasteiger partial charge >= 0.3 is 6.09 Å². The molecular weight excluding hydrogens is 278 g/mol. The summed E-state index contributed by atoms with van der Waals surface area (Å²) in [6.07, 6.45) is -4.04. The van der Waals surface area contributed by atoms with E-state index in [1.54, 1.807) is 0 Å². The summed E-state index contributed by atoms with van der Waals surface area (Å²) < 4.78 is 10.2. The molecule has 1 aliphatic rings. The average Bonchev–Trinajstić information content (AvgIpc) is 2.51. The largest absolute Gasteiger partial charge is 0.445 e. The third-order valence-corrected chi connectivity index (χ3v) is 3.33. The molecule has 0 saturated carbocycles. The normalized spacial score (nSPS) is 28.9. The molecule has 1 heterocycles. The van der Waals surface area contributed by atoms with E-state index < -0.39 is 37.1 Å². The summed E-state index contributed by atoms with van der Waals surface area (Å²) in [7, 11) is 0. The highest BCUT2D eigenvalue weighted by molar-refractivity contribution is 5.67. The van der Waals surface area contributed by atoms with Crippen molar-refractivity contribution in [3.63, 3.8) is 0 Å². The molecule has 7 heteroatoms. The Bertz CT molecular complexity index is 454. The SMILES string of the molecule is O=C(N[C@H]1CO[C@H](CO)[C@H](O)[C@@H]1O)OCc1ccccc1. The molecule has 1 saturated heterocycles. The number of carbonyl (C=O) groups excluding carboxylic acids is 1. The zero-order valence-corrected chi connectivity index (χ0v) is 11.4. The van der Waals surface area contributed by atoms with Crippen LogP contribution in [-0.4, -0.2) is 59.0 Å². The molecule has 0 spiro atoms. The molecule has 1 amide bonds. The zero-order chi connectivity index (χ0) is 15.2. The first-order valence-electron chi connectivity index (χ1n) is 6.67. The van der Waals surface area contributed by atoms with Gasteiger partial charge in [-0.25, -0.2) is 4.79 Å². The van der Waals surface area contributed by atoms with Crippen LogP contribution >= 0.6 is 0 Å². The maximum Gasteiger partial charge on any atom is 0.407 e. The summed E-state index contributed by atoms with van der Waals surface area (Å²) >= 11 is 0. The number of amides is 1. The van der Waals surface area contributed by atoms with Crippen LogP contribution in [0.2, 0.25) is 0 Å². The predicted octanol–water partition coefficient (Wildman–Crippen LogP) is -0.606. The van der Waals surface area contributed by atoms with E-state index in [0.29, 0.717) is 0 Å². The van der Waals surface area contributed by atoms with Crippen LogP contribution < -0.4 is 5.32 Å². The van der Waals surface area contributed by atoms with Crippen molar-refractivity contribution in [3.8, 4) is 0 Å². The molecule has 1 aliphatic heterocycles. The van der Waals surface area contributed by atoms with Crippen LogP contribution in [0.4, 0.5) is 4.79 Å². The van der Waals surface area contributed by atoms with Gasteiger partial charge in [0.15, 0.2) is 0 Å². The van der Waals surface area contributed by atoms with E-state index in [1.807, 2.05) is 30.3 Å². The highest BCUT2D eigenvalue weighted by Gasteiger charge is 2.38. The van der Waals surface area contributed by atoms with Gasteiger partial charge in [0.1, 0.15) is 24.9 Å². The lowest BCUT2D eigenvalue weighted by atomic mass is 9.99. The quantitative estimate of drug-likeness (QED) is 0.591. The monoisotopic (exact) mass is 297 g/mol. The molecule has 2 rings (SSSR count). The number of benzene rings is 1. The Morgan fingerprint density at radius 1 is 1.29 bits per heavy atom. The Hall–Kier alpha value is -1.67. The van der Waals surface area contributed by atoms with Gasteiger partial charge in [-0.15, -0.1) is 0 Å². The molecule has 0 aromatic heterocycles. The number of hydrogen-bond acceptors (Lipinski definition) is 6. The summed E-state index contributed by atoms with van der Waals surface area (Å²) in [5.41, 5.74) is 0.841. The Morgan fingerprint density at radius 2 is 2.00 bits per heavy atom. The second kappa shape index (κ2) is 7.37. The van der Waals surface area contributed by atoms with Crippen molar-refractivity contribution >= 4 is 6.09 Å². The fourth-order valence-corrected chi connectivity index (χ4v) is 2.09. The predicted molar refractivity (Wildman–Crippen MR) is 72.4 cm³/mol. The van der Waals surface area contributed by atoms with Gasteiger partial charge in [-0.05, 0) is 5.56 Å². The fraction of sp³-hybridized carbons (Fsp3) is 0.500. The molecule has 4 N–H and O–H groups in total. The fourth-order valence-electron chi connectivity index (χ4n) is 2.09. The van der Waals surface area contributed by atoms with Crippen LogP contribution in [0.3, 0.4) is 0 Å². The van der Waals surface area contributed by atoms with Crippen molar-refractivity contribution in [1.29, 1.82) is 0 Å². The van der Waals surface area contributed by atoms with Crippen LogP contribution in [0, 0.1) is 0 Å². The van der Waals surface area contributed by atoms with Crippen LogP contribution in [0.25, 0.3) is 0 Å². The molecule has 116 valence electrons. The molecule has 0 aliphatic carbocycles. The summed E-state index contributed by atoms with van der Waals surface area (Å²) in [5.74, 6) is 0. The third-order valence-electron chi connectivity index (χ3n) is 3.33. The number of nitrogens with one attached hydrogen (secondary N) is 1. The van der Waals surface area contributed by atoms with E-state index in [4.69, 9.17) is 14.6 Å². The minimum absolute atomic E-state index is 0.0100. The highest BCUT2D eigenvalue weighted by atomic mass is 16.6. The van der Waals surface area contributed by atoms with Gasteiger partial charge in [0.2, 0.25) is 0 Å². The van der Waals surface area contributed by atoms with Crippen molar-refractivity contribution in [3.05, 3.63) is 35.9 Å². The first-order valence-corrected chi connectivity index (χ1v) is 6.67. The minimum Gasteiger partial charge on any atom is -0.445 e. The van der Waals surface area contributed by atoms with Crippen molar-refractivity contribution in [1.82, 2.24) is 5.32 Å². The zero-order valence-electron chi connectivity index (χ0n) is 11.4. The highest BCUT2D eigenvalue weighted by Crippen LogP contribution is 2.15. The van der Waals surface area contributed by atoms with Crippen molar-refractivity contribution in [2.75, 3.05) is 13.2 Å². The summed E-state index contributed by atoms with van der Waals surface area (Å²) in [6.45, 7) is -0.300. The van der Waals surface area contributed by atoms with E-state index in [-0.39, 0.29) is 13.2 Å². The number of rotatable bonds is 4. The van der Waals surface area contributed by atoms with Crippen LogP contribution in [0.1, 0.15) is 5.56 Å². The molecule has 4 atom stereocenters. The Balaban J connectivity index is 1.80. The van der Waals surface area contributed by atoms with Gasteiger partial charge in [-0.1, -0.05) is 30.3 Å². The van der Waals surface area contributed by atoms with Gasteiger partial charge in [0.25, 0.3) is 0 Å². The Labute approximate surface area is 122 Å².